The van der Waals surface area contributed by atoms with Crippen LogP contribution >= 0.6 is 11.3 Å². The molecule has 0 spiro atoms. The molecular weight excluding hydrogens is 180 g/mol. The molecule has 2 nitrogen and oxygen atoms in total. The van der Waals surface area contributed by atoms with E-state index in [0.29, 0.717) is 0 Å². The Morgan fingerprint density at radius 1 is 1.00 bits per heavy atom. The molecule has 0 fully saturated rings. The lowest BCUT2D eigenvalue weighted by Gasteiger charge is -1.79. The molecular formula is C10H6N2S. The number of rotatable bonds is 2. The third-order valence-electron chi connectivity index (χ3n) is 1.29. The van der Waals surface area contributed by atoms with Gasteiger partial charge in [0.25, 0.3) is 0 Å². The fourth-order valence-electron chi connectivity index (χ4n) is 0.786. The SMILES string of the molecule is N#C/C=C/c1ccc(/C=C/C#N)s1. The van der Waals surface area contributed by atoms with E-state index in [9.17, 15) is 0 Å². The number of nitrogens with zero attached hydrogens (tertiary/aromatic N) is 2. The lowest BCUT2D eigenvalue weighted by atomic mass is 10.4. The van der Waals surface area contributed by atoms with Crippen molar-refractivity contribution in [1.29, 1.82) is 10.5 Å². The molecule has 1 rings (SSSR count). The van der Waals surface area contributed by atoms with Crippen molar-refractivity contribution < 1.29 is 0 Å². The molecule has 0 aliphatic carbocycles. The second kappa shape index (κ2) is 4.92. The van der Waals surface area contributed by atoms with Gasteiger partial charge < -0.3 is 0 Å². The Hall–Kier alpha value is -1.84. The first-order valence-electron chi connectivity index (χ1n) is 3.59. The molecule has 0 saturated carbocycles. The van der Waals surface area contributed by atoms with Gasteiger partial charge in [0.2, 0.25) is 0 Å². The summed E-state index contributed by atoms with van der Waals surface area (Å²) in [5.74, 6) is 0. The summed E-state index contributed by atoms with van der Waals surface area (Å²) >= 11 is 1.54. The van der Waals surface area contributed by atoms with Crippen LogP contribution in [-0.4, -0.2) is 0 Å². The Kier molecular flexibility index (Phi) is 3.50. The predicted octanol–water partition coefficient (Wildman–Crippen LogP) is 2.82. The summed E-state index contributed by atoms with van der Waals surface area (Å²) in [5, 5.41) is 16.6. The summed E-state index contributed by atoms with van der Waals surface area (Å²) < 4.78 is 0. The molecule has 0 unspecified atom stereocenters. The first kappa shape index (κ1) is 9.25. The fourth-order valence-corrected chi connectivity index (χ4v) is 1.60. The number of hydrogen-bond acceptors (Lipinski definition) is 3. The molecule has 62 valence electrons. The zero-order valence-corrected chi connectivity index (χ0v) is 7.58. The molecule has 0 bridgehead atoms. The maximum absolute atomic E-state index is 8.29. The van der Waals surface area contributed by atoms with Crippen LogP contribution in [0.3, 0.4) is 0 Å². The van der Waals surface area contributed by atoms with E-state index in [4.69, 9.17) is 10.5 Å². The van der Waals surface area contributed by atoms with Gasteiger partial charge in [-0.1, -0.05) is 0 Å². The minimum absolute atomic E-state index is 1.01. The van der Waals surface area contributed by atoms with Crippen molar-refractivity contribution in [3.63, 3.8) is 0 Å². The second-order valence-electron chi connectivity index (χ2n) is 2.16. The molecule has 0 aliphatic rings. The Balaban J connectivity index is 2.77. The van der Waals surface area contributed by atoms with Crippen LogP contribution in [-0.2, 0) is 0 Å². The van der Waals surface area contributed by atoms with Gasteiger partial charge in [0.15, 0.2) is 0 Å². The van der Waals surface area contributed by atoms with Crippen molar-refractivity contribution in [3.8, 4) is 12.1 Å². The number of thiophene rings is 1. The standard InChI is InChI=1S/C10H6N2S/c11-7-1-3-9-5-6-10(13-9)4-2-8-12/h1-6H/b3-1+,4-2+. The van der Waals surface area contributed by atoms with Crippen molar-refractivity contribution in [2.45, 2.75) is 0 Å². The predicted molar refractivity (Wildman–Crippen MR) is 53.6 cm³/mol. The maximum Gasteiger partial charge on any atom is 0.0912 e. The van der Waals surface area contributed by atoms with E-state index >= 15 is 0 Å². The van der Waals surface area contributed by atoms with Crippen molar-refractivity contribution in [1.82, 2.24) is 0 Å². The van der Waals surface area contributed by atoms with Crippen LogP contribution in [0.25, 0.3) is 12.2 Å². The highest BCUT2D eigenvalue weighted by molar-refractivity contribution is 7.13. The van der Waals surface area contributed by atoms with E-state index < -0.39 is 0 Å². The monoisotopic (exact) mass is 186 g/mol. The van der Waals surface area contributed by atoms with E-state index in [2.05, 4.69) is 0 Å². The summed E-state index contributed by atoms with van der Waals surface area (Å²) in [4.78, 5) is 2.03. The average Bonchev–Trinajstić information content (AvgIpc) is 2.59. The molecule has 3 heteroatoms. The molecule has 0 N–H and O–H groups in total. The third-order valence-corrected chi connectivity index (χ3v) is 2.31. The second-order valence-corrected chi connectivity index (χ2v) is 3.31. The van der Waals surface area contributed by atoms with E-state index in [0.717, 1.165) is 9.75 Å². The Labute approximate surface area is 80.7 Å². The van der Waals surface area contributed by atoms with Crippen molar-refractivity contribution >= 4 is 23.5 Å². The fraction of sp³-hybridized carbons (Fsp3) is 0. The Morgan fingerprint density at radius 2 is 1.46 bits per heavy atom. The summed E-state index contributed by atoms with van der Waals surface area (Å²) in [6.45, 7) is 0. The first-order valence-corrected chi connectivity index (χ1v) is 4.40. The van der Waals surface area contributed by atoms with Crippen molar-refractivity contribution in [3.05, 3.63) is 34.0 Å². The molecule has 0 amide bonds. The first-order chi connectivity index (χ1) is 6.36. The van der Waals surface area contributed by atoms with Crippen LogP contribution in [0.2, 0.25) is 0 Å². The van der Waals surface area contributed by atoms with Gasteiger partial charge in [-0.15, -0.1) is 11.3 Å². The summed E-state index contributed by atoms with van der Waals surface area (Å²) in [5.41, 5.74) is 0. The summed E-state index contributed by atoms with van der Waals surface area (Å²) in [7, 11) is 0. The minimum Gasteiger partial charge on any atom is -0.193 e. The normalized spacial score (nSPS) is 10.3. The molecule has 0 saturated heterocycles. The van der Waals surface area contributed by atoms with Gasteiger partial charge >= 0.3 is 0 Å². The Morgan fingerprint density at radius 3 is 1.85 bits per heavy atom. The highest BCUT2D eigenvalue weighted by Crippen LogP contribution is 2.18. The Bertz CT molecular complexity index is 374. The van der Waals surface area contributed by atoms with Gasteiger partial charge in [-0.05, 0) is 24.3 Å². The zero-order chi connectivity index (χ0) is 9.52. The van der Waals surface area contributed by atoms with Crippen molar-refractivity contribution in [2.24, 2.45) is 0 Å². The minimum atomic E-state index is 1.01. The van der Waals surface area contributed by atoms with Gasteiger partial charge in [0, 0.05) is 21.9 Å². The molecule has 1 aromatic rings. The van der Waals surface area contributed by atoms with Crippen molar-refractivity contribution in [2.75, 3.05) is 0 Å². The number of allylic oxidation sites excluding steroid dienone is 2. The quantitative estimate of drug-likeness (QED) is 0.667. The lowest BCUT2D eigenvalue weighted by Crippen LogP contribution is -1.54. The lowest BCUT2D eigenvalue weighted by molar-refractivity contribution is 1.54. The molecule has 13 heavy (non-hydrogen) atoms. The molecule has 0 aliphatic heterocycles. The maximum atomic E-state index is 8.29. The number of nitriles is 2. The van der Waals surface area contributed by atoms with E-state index in [1.54, 1.807) is 12.2 Å². The van der Waals surface area contributed by atoms with Crippen LogP contribution in [0, 0.1) is 22.7 Å². The average molecular weight is 186 g/mol. The van der Waals surface area contributed by atoms with E-state index in [1.165, 1.54) is 23.5 Å². The van der Waals surface area contributed by atoms with Crippen LogP contribution in [0.1, 0.15) is 9.75 Å². The van der Waals surface area contributed by atoms with Gasteiger partial charge in [-0.2, -0.15) is 10.5 Å². The smallest absolute Gasteiger partial charge is 0.0912 e. The summed E-state index contributed by atoms with van der Waals surface area (Å²) in [6, 6.07) is 7.67. The van der Waals surface area contributed by atoms with Crippen LogP contribution in [0.5, 0.6) is 0 Å². The van der Waals surface area contributed by atoms with Crippen LogP contribution in [0.15, 0.2) is 24.3 Å². The van der Waals surface area contributed by atoms with E-state index in [1.807, 2.05) is 24.3 Å². The van der Waals surface area contributed by atoms with Gasteiger partial charge in [-0.3, -0.25) is 0 Å². The van der Waals surface area contributed by atoms with Crippen LogP contribution < -0.4 is 0 Å². The zero-order valence-electron chi connectivity index (χ0n) is 6.77. The van der Waals surface area contributed by atoms with Gasteiger partial charge in [0.05, 0.1) is 12.1 Å². The topological polar surface area (TPSA) is 47.6 Å². The van der Waals surface area contributed by atoms with Crippen LogP contribution in [0.4, 0.5) is 0 Å². The number of hydrogen-bond donors (Lipinski definition) is 0. The highest BCUT2D eigenvalue weighted by Gasteiger charge is 1.92. The summed E-state index contributed by atoms with van der Waals surface area (Å²) in [6.07, 6.45) is 6.36. The molecule has 1 aromatic heterocycles. The van der Waals surface area contributed by atoms with Gasteiger partial charge in [0.1, 0.15) is 0 Å². The molecule has 1 heterocycles. The molecule has 0 atom stereocenters. The van der Waals surface area contributed by atoms with E-state index in [-0.39, 0.29) is 0 Å². The highest BCUT2D eigenvalue weighted by atomic mass is 32.1. The molecule has 0 aromatic carbocycles. The third kappa shape index (κ3) is 2.94. The largest absolute Gasteiger partial charge is 0.193 e. The van der Waals surface area contributed by atoms with Gasteiger partial charge in [-0.25, -0.2) is 0 Å². The molecule has 0 radical (unpaired) electrons.